The second kappa shape index (κ2) is 12.2. The summed E-state index contributed by atoms with van der Waals surface area (Å²) in [5, 5.41) is 14.3. The van der Waals surface area contributed by atoms with Gasteiger partial charge in [0.05, 0.1) is 6.10 Å². The van der Waals surface area contributed by atoms with Crippen LogP contribution in [0.3, 0.4) is 0 Å². The number of nitrogens with one attached hydrogen (secondary N) is 1. The highest BCUT2D eigenvalue weighted by molar-refractivity contribution is 5.23. The van der Waals surface area contributed by atoms with Crippen LogP contribution in [0.4, 0.5) is 0 Å². The van der Waals surface area contributed by atoms with Crippen LogP contribution in [0, 0.1) is 24.7 Å². The molecule has 0 aliphatic heterocycles. The molecule has 1 aromatic carbocycles. The number of nitrogens with zero attached hydrogens (tertiary/aromatic N) is 1. The van der Waals surface area contributed by atoms with Gasteiger partial charge in [0.15, 0.2) is 0 Å². The highest BCUT2D eigenvalue weighted by Gasteiger charge is 2.43. The summed E-state index contributed by atoms with van der Waals surface area (Å²) in [6, 6.07) is 9.99. The van der Waals surface area contributed by atoms with Gasteiger partial charge in [-0.05, 0) is 90.7 Å². The highest BCUT2D eigenvalue weighted by atomic mass is 16.3. The maximum Gasteiger partial charge on any atom is 0.0611 e. The minimum Gasteiger partial charge on any atom is -0.392 e. The first-order chi connectivity index (χ1) is 15.3. The van der Waals surface area contributed by atoms with E-state index in [4.69, 9.17) is 0 Å². The predicted molar refractivity (Wildman–Crippen MR) is 137 cm³/mol. The van der Waals surface area contributed by atoms with Gasteiger partial charge in [0.1, 0.15) is 0 Å². The van der Waals surface area contributed by atoms with Crippen molar-refractivity contribution in [2.24, 2.45) is 17.8 Å². The van der Waals surface area contributed by atoms with Crippen LogP contribution in [-0.4, -0.2) is 47.8 Å². The zero-order valence-electron chi connectivity index (χ0n) is 21.1. The Morgan fingerprint density at radius 2 is 1.91 bits per heavy atom. The molecule has 1 saturated carbocycles. The van der Waals surface area contributed by atoms with Crippen molar-refractivity contribution in [3.05, 3.63) is 59.2 Å². The number of hydrogen-bond acceptors (Lipinski definition) is 3. The Hall–Kier alpha value is -1.42. The van der Waals surface area contributed by atoms with Gasteiger partial charge in [0, 0.05) is 31.1 Å². The van der Waals surface area contributed by atoms with Gasteiger partial charge in [-0.15, -0.1) is 0 Å². The van der Waals surface area contributed by atoms with E-state index in [0.29, 0.717) is 29.8 Å². The SMILES string of the molecule is Cc1cccc(CC/C=C/[C@@H]2[C@H]3CC(CCNCCN(C(C)C)C(C)C)=C[C@H]3C[C@H]2O)c1. The van der Waals surface area contributed by atoms with Crippen molar-refractivity contribution < 1.29 is 5.11 Å². The smallest absolute Gasteiger partial charge is 0.0611 e. The van der Waals surface area contributed by atoms with E-state index in [0.717, 1.165) is 45.3 Å². The molecule has 1 aromatic rings. The Balaban J connectivity index is 1.39. The molecule has 1 fully saturated rings. The Morgan fingerprint density at radius 3 is 2.62 bits per heavy atom. The summed E-state index contributed by atoms with van der Waals surface area (Å²) in [7, 11) is 0. The van der Waals surface area contributed by atoms with E-state index in [1.54, 1.807) is 5.57 Å². The number of benzene rings is 1. The molecule has 0 amide bonds. The van der Waals surface area contributed by atoms with Gasteiger partial charge in [0.2, 0.25) is 0 Å². The monoisotopic (exact) mass is 438 g/mol. The predicted octanol–water partition coefficient (Wildman–Crippen LogP) is 5.53. The third kappa shape index (κ3) is 7.04. The third-order valence-electron chi connectivity index (χ3n) is 7.49. The van der Waals surface area contributed by atoms with Crippen molar-refractivity contribution in [2.45, 2.75) is 84.9 Å². The summed E-state index contributed by atoms with van der Waals surface area (Å²) >= 11 is 0. The molecule has 0 unspecified atom stereocenters. The molecule has 0 aromatic heterocycles. The number of aliphatic hydroxyl groups is 1. The van der Waals surface area contributed by atoms with Gasteiger partial charge in [-0.3, -0.25) is 4.90 Å². The second-order valence-electron chi connectivity index (χ2n) is 10.6. The van der Waals surface area contributed by atoms with E-state index in [9.17, 15) is 5.11 Å². The highest BCUT2D eigenvalue weighted by Crippen LogP contribution is 2.47. The van der Waals surface area contributed by atoms with Crippen molar-refractivity contribution in [2.75, 3.05) is 19.6 Å². The molecular formula is C29H46N2O. The molecule has 0 bridgehead atoms. The lowest BCUT2D eigenvalue weighted by atomic mass is 9.89. The van der Waals surface area contributed by atoms with Crippen LogP contribution in [0.15, 0.2) is 48.1 Å². The fourth-order valence-electron chi connectivity index (χ4n) is 5.86. The molecule has 0 spiro atoms. The number of hydrogen-bond donors (Lipinski definition) is 2. The number of aliphatic hydroxyl groups excluding tert-OH is 1. The van der Waals surface area contributed by atoms with E-state index >= 15 is 0 Å². The zero-order valence-corrected chi connectivity index (χ0v) is 21.1. The summed E-state index contributed by atoms with van der Waals surface area (Å²) in [4.78, 5) is 2.55. The van der Waals surface area contributed by atoms with E-state index in [1.807, 2.05) is 0 Å². The molecule has 3 nitrogen and oxygen atoms in total. The van der Waals surface area contributed by atoms with Gasteiger partial charge in [0.25, 0.3) is 0 Å². The van der Waals surface area contributed by atoms with Gasteiger partial charge >= 0.3 is 0 Å². The van der Waals surface area contributed by atoms with Gasteiger partial charge in [-0.2, -0.15) is 0 Å². The Labute approximate surface area is 197 Å². The summed E-state index contributed by atoms with van der Waals surface area (Å²) in [5.41, 5.74) is 4.33. The first kappa shape index (κ1) is 25.2. The summed E-state index contributed by atoms with van der Waals surface area (Å²) in [5.74, 6) is 1.50. The quantitative estimate of drug-likeness (QED) is 0.333. The molecule has 32 heavy (non-hydrogen) atoms. The molecule has 2 N–H and O–H groups in total. The topological polar surface area (TPSA) is 35.5 Å². The molecule has 178 valence electrons. The Morgan fingerprint density at radius 1 is 1.12 bits per heavy atom. The molecule has 0 radical (unpaired) electrons. The van der Waals surface area contributed by atoms with Crippen molar-refractivity contribution >= 4 is 0 Å². The molecule has 3 rings (SSSR count). The first-order valence-corrected chi connectivity index (χ1v) is 12.9. The van der Waals surface area contributed by atoms with Crippen LogP contribution in [0.25, 0.3) is 0 Å². The third-order valence-corrected chi connectivity index (χ3v) is 7.49. The number of rotatable bonds is 12. The minimum atomic E-state index is -0.172. The van der Waals surface area contributed by atoms with Crippen molar-refractivity contribution in [3.8, 4) is 0 Å². The Kier molecular flexibility index (Phi) is 9.58. The van der Waals surface area contributed by atoms with E-state index in [1.165, 1.54) is 17.5 Å². The Bertz CT molecular complexity index is 758. The molecule has 4 atom stereocenters. The van der Waals surface area contributed by atoms with Gasteiger partial charge in [-0.1, -0.05) is 53.6 Å². The van der Waals surface area contributed by atoms with E-state index < -0.39 is 0 Å². The van der Waals surface area contributed by atoms with Crippen LogP contribution in [0.1, 0.15) is 64.5 Å². The summed E-state index contributed by atoms with van der Waals surface area (Å²) in [6.07, 6.45) is 12.3. The lowest BCUT2D eigenvalue weighted by Gasteiger charge is -2.30. The maximum atomic E-state index is 10.6. The van der Waals surface area contributed by atoms with Crippen LogP contribution in [-0.2, 0) is 6.42 Å². The minimum absolute atomic E-state index is 0.172. The van der Waals surface area contributed by atoms with Crippen LogP contribution < -0.4 is 5.32 Å². The average Bonchev–Trinajstić information content (AvgIpc) is 3.24. The maximum absolute atomic E-state index is 10.6. The molecule has 0 saturated heterocycles. The van der Waals surface area contributed by atoms with E-state index in [2.05, 4.69) is 87.3 Å². The van der Waals surface area contributed by atoms with Gasteiger partial charge in [-0.25, -0.2) is 0 Å². The number of allylic oxidation sites excluding steroid dienone is 2. The number of fused-ring (bicyclic) bond motifs is 1. The largest absolute Gasteiger partial charge is 0.392 e. The summed E-state index contributed by atoms with van der Waals surface area (Å²) < 4.78 is 0. The average molecular weight is 439 g/mol. The van der Waals surface area contributed by atoms with Crippen molar-refractivity contribution in [3.63, 3.8) is 0 Å². The molecule has 2 aliphatic carbocycles. The lowest BCUT2D eigenvalue weighted by Crippen LogP contribution is -2.41. The summed E-state index contributed by atoms with van der Waals surface area (Å²) in [6.45, 7) is 14.5. The fraction of sp³-hybridized carbons (Fsp3) is 0.655. The molecule has 3 heteroatoms. The molecule has 2 aliphatic rings. The standard InChI is InChI=1S/C29H46N2O/c1-21(2)31(22(3)4)16-15-30-14-13-25-18-26-20-29(32)27(28(26)19-25)12-7-6-10-24-11-8-9-23(5)17-24/h7-9,11-12,17-18,21-22,26-30,32H,6,10,13-16,19-20H2,1-5H3/b12-7+/t26-,27+,28-,29+/m0/s1. The van der Waals surface area contributed by atoms with E-state index in [-0.39, 0.29) is 6.10 Å². The normalized spacial score (nSPS) is 25.5. The van der Waals surface area contributed by atoms with Gasteiger partial charge < -0.3 is 10.4 Å². The van der Waals surface area contributed by atoms with Crippen molar-refractivity contribution in [1.29, 1.82) is 0 Å². The number of aryl methyl sites for hydroxylation is 2. The first-order valence-electron chi connectivity index (χ1n) is 12.9. The second-order valence-corrected chi connectivity index (χ2v) is 10.6. The van der Waals surface area contributed by atoms with Crippen molar-refractivity contribution in [1.82, 2.24) is 10.2 Å². The molecule has 0 heterocycles. The van der Waals surface area contributed by atoms with Crippen LogP contribution >= 0.6 is 0 Å². The van der Waals surface area contributed by atoms with Crippen LogP contribution in [0.2, 0.25) is 0 Å². The lowest BCUT2D eigenvalue weighted by molar-refractivity contribution is 0.141. The molecular weight excluding hydrogens is 392 g/mol. The zero-order chi connectivity index (χ0) is 23.1. The van der Waals surface area contributed by atoms with Crippen LogP contribution in [0.5, 0.6) is 0 Å². The fourth-order valence-corrected chi connectivity index (χ4v) is 5.86.